The van der Waals surface area contributed by atoms with Crippen molar-refractivity contribution in [1.29, 1.82) is 0 Å². The Kier molecular flexibility index (Phi) is 7.12. The van der Waals surface area contributed by atoms with Crippen molar-refractivity contribution in [2.24, 2.45) is 11.8 Å². The Labute approximate surface area is 190 Å². The maximum Gasteiger partial charge on any atom is 0.417 e. The lowest BCUT2D eigenvalue weighted by Gasteiger charge is -2.36. The molecule has 1 heterocycles. The van der Waals surface area contributed by atoms with Crippen LogP contribution in [0.3, 0.4) is 0 Å². The van der Waals surface area contributed by atoms with Crippen LogP contribution in [0.1, 0.15) is 50.2 Å². The number of hydrogen-bond donors (Lipinski definition) is 1. The van der Waals surface area contributed by atoms with Gasteiger partial charge in [0.15, 0.2) is 0 Å². The van der Waals surface area contributed by atoms with Gasteiger partial charge in [0, 0.05) is 12.4 Å². The van der Waals surface area contributed by atoms with Gasteiger partial charge in [0.05, 0.1) is 18.1 Å². The lowest BCUT2D eigenvalue weighted by atomic mass is 9.85. The predicted octanol–water partition coefficient (Wildman–Crippen LogP) is 5.44. The minimum Gasteiger partial charge on any atom is -0.441 e. The van der Waals surface area contributed by atoms with E-state index < -0.39 is 29.0 Å². The van der Waals surface area contributed by atoms with E-state index in [1.54, 1.807) is 7.11 Å². The molecule has 1 fully saturated rings. The van der Waals surface area contributed by atoms with Gasteiger partial charge in [-0.15, -0.1) is 0 Å². The highest BCUT2D eigenvalue weighted by atomic mass is 32.1. The summed E-state index contributed by atoms with van der Waals surface area (Å²) in [7, 11) is 1.58. The number of cyclic esters (lactones) is 1. The Morgan fingerprint density at radius 1 is 1.03 bits per heavy atom. The van der Waals surface area contributed by atoms with Crippen LogP contribution >= 0.6 is 12.6 Å². The molecule has 1 aliphatic heterocycles. The fourth-order valence-corrected chi connectivity index (χ4v) is 5.12. The second-order valence-electron chi connectivity index (χ2n) is 8.82. The SMILES string of the molecule is COC(c1ccccc1)C(C(=O)N1C(=O)OC(C)(C)[C@@H]1C(C)C)C(S)c1ccccc1. The Morgan fingerprint density at radius 2 is 1.55 bits per heavy atom. The van der Waals surface area contributed by atoms with E-state index in [-0.39, 0.29) is 17.9 Å². The van der Waals surface area contributed by atoms with E-state index in [1.807, 2.05) is 88.4 Å². The molecule has 166 valence electrons. The number of nitrogens with zero attached hydrogens (tertiary/aromatic N) is 1. The van der Waals surface area contributed by atoms with Crippen LogP contribution in [0.25, 0.3) is 0 Å². The van der Waals surface area contributed by atoms with Gasteiger partial charge in [-0.3, -0.25) is 4.79 Å². The number of amides is 2. The van der Waals surface area contributed by atoms with E-state index in [1.165, 1.54) is 4.90 Å². The minimum atomic E-state index is -0.778. The third-order valence-corrected chi connectivity index (χ3v) is 6.50. The zero-order chi connectivity index (χ0) is 22.8. The fraction of sp³-hybridized carbons (Fsp3) is 0.440. The van der Waals surface area contributed by atoms with E-state index in [9.17, 15) is 9.59 Å². The van der Waals surface area contributed by atoms with Crippen LogP contribution in [0.5, 0.6) is 0 Å². The van der Waals surface area contributed by atoms with Gasteiger partial charge in [-0.25, -0.2) is 9.69 Å². The number of thiol groups is 1. The van der Waals surface area contributed by atoms with Gasteiger partial charge in [-0.1, -0.05) is 74.5 Å². The van der Waals surface area contributed by atoms with E-state index in [4.69, 9.17) is 22.1 Å². The van der Waals surface area contributed by atoms with Crippen LogP contribution in [-0.4, -0.2) is 35.7 Å². The number of ether oxygens (including phenoxy) is 2. The normalized spacial score (nSPS) is 20.9. The summed E-state index contributed by atoms with van der Waals surface area (Å²) in [5.41, 5.74) is 0.959. The largest absolute Gasteiger partial charge is 0.441 e. The molecular weight excluding hydrogens is 410 g/mol. The molecule has 5 nitrogen and oxygen atoms in total. The van der Waals surface area contributed by atoms with Crippen molar-refractivity contribution in [2.45, 2.75) is 50.7 Å². The van der Waals surface area contributed by atoms with Crippen LogP contribution in [-0.2, 0) is 14.3 Å². The Morgan fingerprint density at radius 3 is 2.03 bits per heavy atom. The average molecular weight is 442 g/mol. The van der Waals surface area contributed by atoms with Crippen LogP contribution in [0.15, 0.2) is 60.7 Å². The summed E-state index contributed by atoms with van der Waals surface area (Å²) < 4.78 is 11.5. The first kappa shape index (κ1) is 23.4. The molecule has 1 saturated heterocycles. The lowest BCUT2D eigenvalue weighted by molar-refractivity contribution is -0.139. The molecule has 3 unspecified atom stereocenters. The molecule has 0 aromatic heterocycles. The molecule has 1 aliphatic rings. The first-order valence-electron chi connectivity index (χ1n) is 10.6. The summed E-state index contributed by atoms with van der Waals surface area (Å²) in [5.74, 6) is -1.05. The number of benzene rings is 2. The van der Waals surface area contributed by atoms with Crippen molar-refractivity contribution < 1.29 is 19.1 Å². The Bertz CT molecular complexity index is 900. The molecule has 0 saturated carbocycles. The molecule has 0 spiro atoms. The summed E-state index contributed by atoms with van der Waals surface area (Å²) in [6, 6.07) is 18.8. The van der Waals surface area contributed by atoms with Crippen molar-refractivity contribution in [3.05, 3.63) is 71.8 Å². The number of carbonyl (C=O) groups is 2. The summed E-state index contributed by atoms with van der Waals surface area (Å²) >= 11 is 4.86. The van der Waals surface area contributed by atoms with Crippen molar-refractivity contribution in [3.8, 4) is 0 Å². The summed E-state index contributed by atoms with van der Waals surface area (Å²) in [6.45, 7) is 7.67. The first-order chi connectivity index (χ1) is 14.7. The minimum absolute atomic E-state index is 0.0267. The second kappa shape index (κ2) is 9.45. The lowest BCUT2D eigenvalue weighted by Crippen LogP contribution is -2.51. The van der Waals surface area contributed by atoms with E-state index >= 15 is 0 Å². The van der Waals surface area contributed by atoms with Gasteiger partial charge in [0.2, 0.25) is 5.91 Å². The van der Waals surface area contributed by atoms with E-state index in [0.29, 0.717) is 0 Å². The number of hydrogen-bond acceptors (Lipinski definition) is 5. The first-order valence-corrected chi connectivity index (χ1v) is 11.1. The molecule has 2 aromatic rings. The predicted molar refractivity (Wildman–Crippen MR) is 124 cm³/mol. The summed E-state index contributed by atoms with van der Waals surface area (Å²) in [6.07, 6.45) is -1.20. The van der Waals surface area contributed by atoms with Crippen molar-refractivity contribution >= 4 is 24.6 Å². The third-order valence-electron chi connectivity index (χ3n) is 5.88. The number of imide groups is 1. The molecule has 0 aliphatic carbocycles. The van der Waals surface area contributed by atoms with Crippen LogP contribution in [0, 0.1) is 11.8 Å². The summed E-state index contributed by atoms with van der Waals surface area (Å²) in [5, 5.41) is -0.483. The monoisotopic (exact) mass is 441 g/mol. The highest BCUT2D eigenvalue weighted by Gasteiger charge is 2.54. The molecule has 2 amide bonds. The molecule has 6 heteroatoms. The average Bonchev–Trinajstić information content (AvgIpc) is 3.00. The van der Waals surface area contributed by atoms with Gasteiger partial charge in [-0.2, -0.15) is 12.6 Å². The molecule has 2 aromatic carbocycles. The van der Waals surface area contributed by atoms with E-state index in [2.05, 4.69) is 0 Å². The topological polar surface area (TPSA) is 55.8 Å². The molecule has 4 atom stereocenters. The fourth-order valence-electron chi connectivity index (χ4n) is 4.67. The standard InChI is InChI=1S/C25H31NO4S/c1-16(2)22-25(3,4)30-24(28)26(22)23(27)19(21(31)18-14-10-7-11-15-18)20(29-5)17-12-8-6-9-13-17/h6-16,19-22,31H,1-5H3/t19?,20?,21?,22-/m0/s1. The van der Waals surface area contributed by atoms with Gasteiger partial charge in [0.1, 0.15) is 5.60 Å². The van der Waals surface area contributed by atoms with Crippen LogP contribution < -0.4 is 0 Å². The second-order valence-corrected chi connectivity index (χ2v) is 9.37. The molecule has 3 rings (SSSR count). The maximum absolute atomic E-state index is 14.0. The van der Waals surface area contributed by atoms with E-state index in [0.717, 1.165) is 11.1 Å². The number of carbonyl (C=O) groups excluding carboxylic acids is 2. The molecule has 0 radical (unpaired) electrons. The van der Waals surface area contributed by atoms with Crippen molar-refractivity contribution in [1.82, 2.24) is 4.90 Å². The van der Waals surface area contributed by atoms with Gasteiger partial charge >= 0.3 is 6.09 Å². The third kappa shape index (κ3) is 4.65. The quantitative estimate of drug-likeness (QED) is 0.581. The highest BCUT2D eigenvalue weighted by molar-refractivity contribution is 7.80. The van der Waals surface area contributed by atoms with Crippen LogP contribution in [0.2, 0.25) is 0 Å². The number of rotatable bonds is 7. The summed E-state index contributed by atoms with van der Waals surface area (Å²) in [4.78, 5) is 28.2. The van der Waals surface area contributed by atoms with Crippen LogP contribution in [0.4, 0.5) is 4.79 Å². The van der Waals surface area contributed by atoms with Crippen molar-refractivity contribution in [2.75, 3.05) is 7.11 Å². The van der Waals surface area contributed by atoms with Gasteiger partial charge < -0.3 is 9.47 Å². The molecule has 0 bridgehead atoms. The Balaban J connectivity index is 2.09. The van der Waals surface area contributed by atoms with Gasteiger partial charge in [-0.05, 0) is 30.9 Å². The Hall–Kier alpha value is -2.31. The maximum atomic E-state index is 14.0. The van der Waals surface area contributed by atoms with Crippen molar-refractivity contribution in [3.63, 3.8) is 0 Å². The smallest absolute Gasteiger partial charge is 0.417 e. The van der Waals surface area contributed by atoms with Gasteiger partial charge in [0.25, 0.3) is 0 Å². The zero-order valence-corrected chi connectivity index (χ0v) is 19.6. The molecular formula is C25H31NO4S. The number of methoxy groups -OCH3 is 1. The zero-order valence-electron chi connectivity index (χ0n) is 18.7. The molecule has 0 N–H and O–H groups in total. The molecule has 31 heavy (non-hydrogen) atoms. The highest BCUT2D eigenvalue weighted by Crippen LogP contribution is 2.43.